The zero-order valence-electron chi connectivity index (χ0n) is 17.0. The number of para-hydroxylation sites is 1. The highest BCUT2D eigenvalue weighted by Crippen LogP contribution is 2.22. The number of hydrogen-bond acceptors (Lipinski definition) is 4. The maximum Gasteiger partial charge on any atom is 0.253 e. The lowest BCUT2D eigenvalue weighted by Crippen LogP contribution is -2.43. The summed E-state index contributed by atoms with van der Waals surface area (Å²) in [6.07, 6.45) is 3.11. The van der Waals surface area contributed by atoms with Gasteiger partial charge in [0, 0.05) is 19.6 Å². The molecule has 2 aromatic rings. The first-order chi connectivity index (χ1) is 14.3. The summed E-state index contributed by atoms with van der Waals surface area (Å²) < 4.78 is 24.9. The highest BCUT2D eigenvalue weighted by molar-refractivity contribution is 7.88. The number of carbonyl (C=O) groups is 2. The summed E-state index contributed by atoms with van der Waals surface area (Å²) in [5, 5.41) is 5.71. The molecular weight excluding hydrogens is 402 g/mol. The number of carbonyl (C=O) groups excluding carboxylic acids is 2. The highest BCUT2D eigenvalue weighted by Gasteiger charge is 2.30. The molecule has 0 radical (unpaired) electrons. The van der Waals surface area contributed by atoms with E-state index in [-0.39, 0.29) is 18.4 Å². The average molecular weight is 430 g/mol. The molecule has 30 heavy (non-hydrogen) atoms. The molecule has 1 atom stereocenters. The number of nitrogens with one attached hydrogen (secondary N) is 2. The van der Waals surface area contributed by atoms with Gasteiger partial charge in [-0.25, -0.2) is 12.7 Å². The van der Waals surface area contributed by atoms with Gasteiger partial charge in [0.2, 0.25) is 15.9 Å². The number of piperidine rings is 1. The van der Waals surface area contributed by atoms with Crippen LogP contribution in [0.4, 0.5) is 5.69 Å². The van der Waals surface area contributed by atoms with E-state index in [9.17, 15) is 18.0 Å². The van der Waals surface area contributed by atoms with Crippen molar-refractivity contribution in [2.24, 2.45) is 5.92 Å². The molecule has 1 heterocycles. The standard InChI is InChI=1S/C22H27N3O4S/c1-30(28,29)25-15-7-10-18(16-25)21(26)24-20-12-6-5-11-19(20)22(27)23-14-13-17-8-3-2-4-9-17/h2-6,8-9,11-12,18H,7,10,13-16H2,1H3,(H,23,27)(H,24,26)/t18-/m0/s1. The Hall–Kier alpha value is -2.71. The monoisotopic (exact) mass is 429 g/mol. The molecule has 1 fully saturated rings. The van der Waals surface area contributed by atoms with Crippen LogP contribution in [0.2, 0.25) is 0 Å². The molecular formula is C22H27N3O4S. The predicted octanol–water partition coefficient (Wildman–Crippen LogP) is 2.27. The van der Waals surface area contributed by atoms with E-state index in [0.717, 1.165) is 11.8 Å². The molecule has 1 aliphatic heterocycles. The second kappa shape index (κ2) is 9.86. The number of amides is 2. The number of nitrogens with zero attached hydrogens (tertiary/aromatic N) is 1. The summed E-state index contributed by atoms with van der Waals surface area (Å²) in [5.41, 5.74) is 1.94. The largest absolute Gasteiger partial charge is 0.352 e. The van der Waals surface area contributed by atoms with Gasteiger partial charge in [0.25, 0.3) is 5.91 Å². The average Bonchev–Trinajstić information content (AvgIpc) is 2.74. The van der Waals surface area contributed by atoms with E-state index < -0.39 is 15.9 Å². The number of anilines is 1. The second-order valence-electron chi connectivity index (χ2n) is 7.49. The Bertz CT molecular complexity index is 992. The van der Waals surface area contributed by atoms with Gasteiger partial charge in [0.15, 0.2) is 0 Å². The van der Waals surface area contributed by atoms with Crippen molar-refractivity contribution in [2.75, 3.05) is 31.2 Å². The van der Waals surface area contributed by atoms with Crippen molar-refractivity contribution >= 4 is 27.5 Å². The summed E-state index contributed by atoms with van der Waals surface area (Å²) >= 11 is 0. The molecule has 2 aromatic carbocycles. The van der Waals surface area contributed by atoms with Crippen molar-refractivity contribution in [2.45, 2.75) is 19.3 Å². The second-order valence-corrected chi connectivity index (χ2v) is 9.47. The van der Waals surface area contributed by atoms with Crippen molar-refractivity contribution in [3.8, 4) is 0 Å². The van der Waals surface area contributed by atoms with Gasteiger partial charge in [-0.3, -0.25) is 9.59 Å². The van der Waals surface area contributed by atoms with Gasteiger partial charge >= 0.3 is 0 Å². The maximum absolute atomic E-state index is 12.7. The van der Waals surface area contributed by atoms with Gasteiger partial charge < -0.3 is 10.6 Å². The maximum atomic E-state index is 12.7. The van der Waals surface area contributed by atoms with E-state index in [1.807, 2.05) is 30.3 Å². The minimum atomic E-state index is -3.33. The lowest BCUT2D eigenvalue weighted by Gasteiger charge is -2.30. The normalized spacial score (nSPS) is 17.3. The van der Waals surface area contributed by atoms with E-state index in [1.165, 1.54) is 4.31 Å². The SMILES string of the molecule is CS(=O)(=O)N1CCC[C@H](C(=O)Nc2ccccc2C(=O)NCCc2ccccc2)C1. The molecule has 0 aliphatic carbocycles. The van der Waals surface area contributed by atoms with Gasteiger partial charge in [0.05, 0.1) is 23.4 Å². The van der Waals surface area contributed by atoms with Crippen LogP contribution in [0.15, 0.2) is 54.6 Å². The first kappa shape index (κ1) is 22.0. The van der Waals surface area contributed by atoms with E-state index in [1.54, 1.807) is 24.3 Å². The quantitative estimate of drug-likeness (QED) is 0.706. The smallest absolute Gasteiger partial charge is 0.253 e. The fraction of sp³-hybridized carbons (Fsp3) is 0.364. The van der Waals surface area contributed by atoms with Gasteiger partial charge in [-0.05, 0) is 37.0 Å². The Labute approximate surface area is 177 Å². The fourth-order valence-corrected chi connectivity index (χ4v) is 4.45. The molecule has 7 nitrogen and oxygen atoms in total. The molecule has 8 heteroatoms. The predicted molar refractivity (Wildman–Crippen MR) is 117 cm³/mol. The third-order valence-corrected chi connectivity index (χ3v) is 6.47. The van der Waals surface area contributed by atoms with E-state index in [2.05, 4.69) is 10.6 Å². The Morgan fingerprint density at radius 1 is 1.07 bits per heavy atom. The van der Waals surface area contributed by atoms with Gasteiger partial charge in [-0.1, -0.05) is 42.5 Å². The zero-order valence-corrected chi connectivity index (χ0v) is 17.8. The first-order valence-electron chi connectivity index (χ1n) is 10.0. The van der Waals surface area contributed by atoms with Crippen LogP contribution in [0.5, 0.6) is 0 Å². The van der Waals surface area contributed by atoms with E-state index in [0.29, 0.717) is 43.6 Å². The summed E-state index contributed by atoms with van der Waals surface area (Å²) in [4.78, 5) is 25.4. The van der Waals surface area contributed by atoms with Crippen molar-refractivity contribution in [1.82, 2.24) is 9.62 Å². The van der Waals surface area contributed by atoms with E-state index in [4.69, 9.17) is 0 Å². The third-order valence-electron chi connectivity index (χ3n) is 5.20. The Morgan fingerprint density at radius 2 is 1.77 bits per heavy atom. The molecule has 1 aliphatic rings. The molecule has 0 bridgehead atoms. The lowest BCUT2D eigenvalue weighted by molar-refractivity contribution is -0.120. The van der Waals surface area contributed by atoms with Crippen molar-refractivity contribution < 1.29 is 18.0 Å². The van der Waals surface area contributed by atoms with Gasteiger partial charge in [-0.15, -0.1) is 0 Å². The van der Waals surface area contributed by atoms with Crippen LogP contribution in [-0.2, 0) is 21.2 Å². The molecule has 3 rings (SSSR count). The molecule has 1 saturated heterocycles. The van der Waals surface area contributed by atoms with Crippen molar-refractivity contribution in [1.29, 1.82) is 0 Å². The van der Waals surface area contributed by atoms with Crippen LogP contribution in [0.1, 0.15) is 28.8 Å². The molecule has 0 aromatic heterocycles. The van der Waals surface area contributed by atoms with Crippen molar-refractivity contribution in [3.05, 3.63) is 65.7 Å². The van der Waals surface area contributed by atoms with Crippen LogP contribution in [0, 0.1) is 5.92 Å². The molecule has 0 spiro atoms. The van der Waals surface area contributed by atoms with Crippen LogP contribution in [0.3, 0.4) is 0 Å². The number of hydrogen-bond donors (Lipinski definition) is 2. The van der Waals surface area contributed by atoms with Gasteiger partial charge in [0.1, 0.15) is 0 Å². The van der Waals surface area contributed by atoms with Crippen LogP contribution in [-0.4, -0.2) is 50.4 Å². The summed E-state index contributed by atoms with van der Waals surface area (Å²) in [6, 6.07) is 16.7. The summed E-state index contributed by atoms with van der Waals surface area (Å²) in [7, 11) is -3.33. The summed E-state index contributed by atoms with van der Waals surface area (Å²) in [6.45, 7) is 1.08. The Kier molecular flexibility index (Phi) is 7.23. The number of benzene rings is 2. The topological polar surface area (TPSA) is 95.6 Å². The van der Waals surface area contributed by atoms with E-state index >= 15 is 0 Å². The first-order valence-corrected chi connectivity index (χ1v) is 11.9. The van der Waals surface area contributed by atoms with Crippen LogP contribution >= 0.6 is 0 Å². The summed E-state index contributed by atoms with van der Waals surface area (Å²) in [5.74, 6) is -0.973. The fourth-order valence-electron chi connectivity index (χ4n) is 3.54. The molecule has 2 amide bonds. The van der Waals surface area contributed by atoms with Gasteiger partial charge in [-0.2, -0.15) is 0 Å². The molecule has 0 saturated carbocycles. The minimum Gasteiger partial charge on any atom is -0.352 e. The molecule has 0 unspecified atom stereocenters. The third kappa shape index (κ3) is 5.90. The molecule has 160 valence electrons. The Balaban J connectivity index is 1.61. The number of sulfonamides is 1. The lowest BCUT2D eigenvalue weighted by atomic mass is 9.98. The Morgan fingerprint density at radius 3 is 2.50 bits per heavy atom. The molecule has 2 N–H and O–H groups in total. The highest BCUT2D eigenvalue weighted by atomic mass is 32.2. The minimum absolute atomic E-state index is 0.163. The number of rotatable bonds is 7. The zero-order chi connectivity index (χ0) is 21.6. The van der Waals surface area contributed by atoms with Crippen molar-refractivity contribution in [3.63, 3.8) is 0 Å². The van der Waals surface area contributed by atoms with Crippen LogP contribution in [0.25, 0.3) is 0 Å². The van der Waals surface area contributed by atoms with Crippen LogP contribution < -0.4 is 10.6 Å².